The molecule has 2 aromatic heterocycles. The summed E-state index contributed by atoms with van der Waals surface area (Å²) in [5.41, 5.74) is 0.900. The number of benzene rings is 2. The molecule has 28 heavy (non-hydrogen) atoms. The van der Waals surface area contributed by atoms with Crippen LogP contribution >= 0.6 is 11.6 Å². The van der Waals surface area contributed by atoms with Gasteiger partial charge < -0.3 is 14.3 Å². The van der Waals surface area contributed by atoms with Gasteiger partial charge >= 0.3 is 0 Å². The summed E-state index contributed by atoms with van der Waals surface area (Å²) in [5.74, 6) is 0.422. The average molecular weight is 396 g/mol. The second kappa shape index (κ2) is 7.48. The number of nitrogens with zero attached hydrogens (tertiary/aromatic N) is 2. The Morgan fingerprint density at radius 2 is 2.04 bits per heavy atom. The van der Waals surface area contributed by atoms with E-state index in [1.54, 1.807) is 29.2 Å². The molecule has 0 aliphatic heterocycles. The molecule has 7 heteroatoms. The van der Waals surface area contributed by atoms with E-state index in [2.05, 4.69) is 9.97 Å². The van der Waals surface area contributed by atoms with Gasteiger partial charge in [0.2, 0.25) is 0 Å². The van der Waals surface area contributed by atoms with Gasteiger partial charge in [0.15, 0.2) is 5.76 Å². The number of aromatic nitrogens is 2. The van der Waals surface area contributed by atoms with Crippen LogP contribution in [0.2, 0.25) is 5.02 Å². The molecular formula is C21H18ClN3O3. The molecule has 0 atom stereocenters. The van der Waals surface area contributed by atoms with Gasteiger partial charge in [-0.15, -0.1) is 0 Å². The van der Waals surface area contributed by atoms with E-state index in [0.717, 1.165) is 11.8 Å². The van der Waals surface area contributed by atoms with Crippen LogP contribution in [-0.4, -0.2) is 27.3 Å². The maximum atomic E-state index is 13.0. The van der Waals surface area contributed by atoms with E-state index >= 15 is 0 Å². The zero-order chi connectivity index (χ0) is 19.7. The Balaban J connectivity index is 1.67. The number of carbonyl (C=O) groups is 1. The molecule has 0 radical (unpaired) electrons. The third kappa shape index (κ3) is 3.51. The molecule has 0 aliphatic carbocycles. The molecule has 0 fully saturated rings. The first-order valence-corrected chi connectivity index (χ1v) is 9.39. The number of halogens is 1. The van der Waals surface area contributed by atoms with Crippen LogP contribution in [0.4, 0.5) is 0 Å². The normalized spacial score (nSPS) is 11.2. The summed E-state index contributed by atoms with van der Waals surface area (Å²) in [5, 5.41) is 1.83. The molecule has 0 bridgehead atoms. The molecule has 1 amide bonds. The van der Waals surface area contributed by atoms with Crippen LogP contribution in [0.15, 0.2) is 57.7 Å². The van der Waals surface area contributed by atoms with E-state index in [9.17, 15) is 9.59 Å². The molecule has 2 aromatic carbocycles. The zero-order valence-corrected chi connectivity index (χ0v) is 16.0. The average Bonchev–Trinajstić information content (AvgIpc) is 3.11. The smallest absolute Gasteiger partial charge is 0.290 e. The maximum Gasteiger partial charge on any atom is 0.290 e. The van der Waals surface area contributed by atoms with Crippen molar-refractivity contribution in [2.75, 3.05) is 6.54 Å². The standard InChI is InChI=1S/C21H18ClN3O3/c1-2-9-25(21(27)18-10-13-5-3-4-6-17(13)28-18)12-19-23-16-11-14(22)7-8-15(16)20(26)24-19/h3-8,10-11H,2,9,12H2,1H3,(H,23,24,26). The first-order valence-electron chi connectivity index (χ1n) is 9.01. The molecule has 0 saturated heterocycles. The van der Waals surface area contributed by atoms with Gasteiger partial charge in [0.1, 0.15) is 11.4 Å². The van der Waals surface area contributed by atoms with Gasteiger partial charge in [0, 0.05) is 17.0 Å². The minimum absolute atomic E-state index is 0.168. The highest BCUT2D eigenvalue weighted by atomic mass is 35.5. The molecular weight excluding hydrogens is 378 g/mol. The van der Waals surface area contributed by atoms with E-state index in [4.69, 9.17) is 16.0 Å². The third-order valence-electron chi connectivity index (χ3n) is 4.48. The molecule has 0 aliphatic rings. The van der Waals surface area contributed by atoms with Crippen LogP contribution in [0.1, 0.15) is 29.7 Å². The first-order chi connectivity index (χ1) is 13.5. The lowest BCUT2D eigenvalue weighted by molar-refractivity contribution is 0.0709. The van der Waals surface area contributed by atoms with Gasteiger partial charge in [-0.1, -0.05) is 36.7 Å². The van der Waals surface area contributed by atoms with Crippen LogP contribution in [-0.2, 0) is 6.54 Å². The summed E-state index contributed by atoms with van der Waals surface area (Å²) in [6, 6.07) is 14.1. The minimum Gasteiger partial charge on any atom is -0.451 e. The van der Waals surface area contributed by atoms with Crippen LogP contribution in [0.3, 0.4) is 0 Å². The number of hydrogen-bond donors (Lipinski definition) is 1. The predicted molar refractivity (Wildman–Crippen MR) is 109 cm³/mol. The number of H-pyrrole nitrogens is 1. The molecule has 6 nitrogen and oxygen atoms in total. The van der Waals surface area contributed by atoms with E-state index in [0.29, 0.717) is 33.9 Å². The van der Waals surface area contributed by atoms with Crippen molar-refractivity contribution in [3.8, 4) is 0 Å². The van der Waals surface area contributed by atoms with E-state index in [1.165, 1.54) is 0 Å². The quantitative estimate of drug-likeness (QED) is 0.544. The summed E-state index contributed by atoms with van der Waals surface area (Å²) >= 11 is 6.02. The first kappa shape index (κ1) is 18.3. The van der Waals surface area contributed by atoms with Crippen molar-refractivity contribution >= 4 is 39.4 Å². The van der Waals surface area contributed by atoms with Crippen molar-refractivity contribution in [3.63, 3.8) is 0 Å². The Kier molecular flexibility index (Phi) is 4.88. The molecule has 0 saturated carbocycles. The van der Waals surface area contributed by atoms with Crippen molar-refractivity contribution in [2.24, 2.45) is 0 Å². The Morgan fingerprint density at radius 1 is 1.21 bits per heavy atom. The van der Waals surface area contributed by atoms with Crippen molar-refractivity contribution in [3.05, 3.63) is 75.5 Å². The Hall–Kier alpha value is -3.12. The van der Waals surface area contributed by atoms with Crippen molar-refractivity contribution < 1.29 is 9.21 Å². The SMILES string of the molecule is CCCN(Cc1nc2cc(Cl)ccc2c(=O)[nH]1)C(=O)c1cc2ccccc2o1. The van der Waals surface area contributed by atoms with Crippen LogP contribution in [0, 0.1) is 0 Å². The summed E-state index contributed by atoms with van der Waals surface area (Å²) in [6.45, 7) is 2.66. The number of aromatic amines is 1. The summed E-state index contributed by atoms with van der Waals surface area (Å²) in [7, 11) is 0. The maximum absolute atomic E-state index is 13.0. The topological polar surface area (TPSA) is 79.2 Å². The van der Waals surface area contributed by atoms with Gasteiger partial charge in [-0.3, -0.25) is 9.59 Å². The minimum atomic E-state index is -0.260. The second-order valence-electron chi connectivity index (χ2n) is 6.55. The summed E-state index contributed by atoms with van der Waals surface area (Å²) in [4.78, 5) is 34.2. The van der Waals surface area contributed by atoms with E-state index < -0.39 is 0 Å². The zero-order valence-electron chi connectivity index (χ0n) is 15.2. The largest absolute Gasteiger partial charge is 0.451 e. The number of carbonyl (C=O) groups excluding carboxylic acids is 1. The van der Waals surface area contributed by atoms with Gasteiger partial charge in [-0.2, -0.15) is 0 Å². The van der Waals surface area contributed by atoms with Crippen molar-refractivity contribution in [1.29, 1.82) is 0 Å². The van der Waals surface area contributed by atoms with Crippen LogP contribution in [0.25, 0.3) is 21.9 Å². The van der Waals surface area contributed by atoms with E-state index in [1.807, 2.05) is 31.2 Å². The summed E-state index contributed by atoms with van der Waals surface area (Å²) in [6.07, 6.45) is 0.760. The Labute approximate surface area is 165 Å². The fourth-order valence-corrected chi connectivity index (χ4v) is 3.35. The molecule has 4 aromatic rings. The lowest BCUT2D eigenvalue weighted by atomic mass is 10.2. The van der Waals surface area contributed by atoms with Gasteiger partial charge in [-0.05, 0) is 36.8 Å². The van der Waals surface area contributed by atoms with Gasteiger partial charge in [-0.25, -0.2) is 4.98 Å². The van der Waals surface area contributed by atoms with Crippen molar-refractivity contribution in [2.45, 2.75) is 19.9 Å². The molecule has 142 valence electrons. The fourth-order valence-electron chi connectivity index (χ4n) is 3.18. The van der Waals surface area contributed by atoms with E-state index in [-0.39, 0.29) is 23.8 Å². The highest BCUT2D eigenvalue weighted by molar-refractivity contribution is 6.31. The third-order valence-corrected chi connectivity index (χ3v) is 4.71. The lowest BCUT2D eigenvalue weighted by Crippen LogP contribution is -2.32. The van der Waals surface area contributed by atoms with Crippen LogP contribution in [0.5, 0.6) is 0 Å². The second-order valence-corrected chi connectivity index (χ2v) is 6.99. The Bertz CT molecular complexity index is 1200. The highest BCUT2D eigenvalue weighted by Crippen LogP contribution is 2.21. The predicted octanol–water partition coefficient (Wildman–Crippen LogP) is 4.38. The molecule has 0 unspecified atom stereocenters. The van der Waals surface area contributed by atoms with Crippen molar-refractivity contribution in [1.82, 2.24) is 14.9 Å². The molecule has 4 rings (SSSR count). The number of hydrogen-bond acceptors (Lipinski definition) is 4. The number of rotatable bonds is 5. The molecule has 2 heterocycles. The molecule has 0 spiro atoms. The number of furan rings is 1. The number of nitrogens with one attached hydrogen (secondary N) is 1. The lowest BCUT2D eigenvalue weighted by Gasteiger charge is -2.20. The van der Waals surface area contributed by atoms with Gasteiger partial charge in [0.05, 0.1) is 17.4 Å². The molecule has 1 N–H and O–H groups in total. The number of para-hydroxylation sites is 1. The van der Waals surface area contributed by atoms with Crippen LogP contribution < -0.4 is 5.56 Å². The Morgan fingerprint density at radius 3 is 2.82 bits per heavy atom. The fraction of sp³-hybridized carbons (Fsp3) is 0.190. The number of fused-ring (bicyclic) bond motifs is 2. The summed E-state index contributed by atoms with van der Waals surface area (Å²) < 4.78 is 5.70. The number of amides is 1. The highest BCUT2D eigenvalue weighted by Gasteiger charge is 2.21. The van der Waals surface area contributed by atoms with Gasteiger partial charge in [0.25, 0.3) is 11.5 Å². The monoisotopic (exact) mass is 395 g/mol.